The van der Waals surface area contributed by atoms with Crippen LogP contribution in [0.1, 0.15) is 36.0 Å². The van der Waals surface area contributed by atoms with Crippen LogP contribution in [-0.4, -0.2) is 17.5 Å². The Hall–Kier alpha value is -3.88. The van der Waals surface area contributed by atoms with Crippen LogP contribution in [0.25, 0.3) is 0 Å². The number of esters is 2. The summed E-state index contributed by atoms with van der Waals surface area (Å²) in [6, 6.07) is 28.2. The van der Waals surface area contributed by atoms with Crippen LogP contribution in [0.3, 0.4) is 0 Å². The highest BCUT2D eigenvalue weighted by Crippen LogP contribution is 2.19. The standard InChI is InChI=1S/C28H27NO4/c29-28(19-10-17-23-11-4-1-5-12-23,27(31)33-22-25-15-8-3-9-16-25)20-18-26(30)32-21-24-13-6-2-7-14-24/h1-9,11-16H,18-22,29H2/t28-/m1/s1. The summed E-state index contributed by atoms with van der Waals surface area (Å²) >= 11 is 0. The molecule has 0 saturated heterocycles. The van der Waals surface area contributed by atoms with Gasteiger partial charge in [-0.2, -0.15) is 0 Å². The van der Waals surface area contributed by atoms with Gasteiger partial charge in [-0.3, -0.25) is 9.59 Å². The van der Waals surface area contributed by atoms with Gasteiger partial charge in [0, 0.05) is 18.4 Å². The number of ether oxygens (including phenoxy) is 2. The van der Waals surface area contributed by atoms with E-state index in [-0.39, 0.29) is 32.5 Å². The van der Waals surface area contributed by atoms with E-state index in [1.54, 1.807) is 0 Å². The monoisotopic (exact) mass is 441 g/mol. The third kappa shape index (κ3) is 7.95. The van der Waals surface area contributed by atoms with Crippen molar-refractivity contribution in [2.45, 2.75) is 38.0 Å². The van der Waals surface area contributed by atoms with Crippen molar-refractivity contribution in [3.8, 4) is 11.8 Å². The smallest absolute Gasteiger partial charge is 0.327 e. The molecule has 3 aromatic carbocycles. The maximum atomic E-state index is 12.9. The van der Waals surface area contributed by atoms with Crippen molar-refractivity contribution in [1.29, 1.82) is 0 Å². The Morgan fingerprint density at radius 2 is 1.27 bits per heavy atom. The highest BCUT2D eigenvalue weighted by Gasteiger charge is 2.35. The number of carbonyl (C=O) groups is 2. The molecule has 0 aromatic heterocycles. The number of nitrogens with two attached hydrogens (primary N) is 1. The Labute approximate surface area is 194 Å². The summed E-state index contributed by atoms with van der Waals surface area (Å²) < 4.78 is 10.8. The summed E-state index contributed by atoms with van der Waals surface area (Å²) in [5, 5.41) is 0. The van der Waals surface area contributed by atoms with Crippen LogP contribution in [0, 0.1) is 11.8 Å². The molecule has 0 aliphatic carbocycles. The van der Waals surface area contributed by atoms with Crippen LogP contribution >= 0.6 is 0 Å². The molecule has 0 aliphatic rings. The predicted molar refractivity (Wildman–Crippen MR) is 127 cm³/mol. The van der Waals surface area contributed by atoms with Crippen molar-refractivity contribution in [1.82, 2.24) is 0 Å². The lowest BCUT2D eigenvalue weighted by Crippen LogP contribution is -2.49. The second-order valence-corrected chi connectivity index (χ2v) is 7.71. The Bertz CT molecular complexity index is 1090. The molecule has 5 nitrogen and oxygen atoms in total. The summed E-state index contributed by atoms with van der Waals surface area (Å²) in [5.74, 6) is 4.96. The molecule has 0 saturated carbocycles. The second-order valence-electron chi connectivity index (χ2n) is 7.71. The van der Waals surface area contributed by atoms with E-state index in [2.05, 4.69) is 11.8 Å². The maximum absolute atomic E-state index is 12.9. The van der Waals surface area contributed by atoms with E-state index in [4.69, 9.17) is 15.2 Å². The van der Waals surface area contributed by atoms with Crippen molar-refractivity contribution in [2.75, 3.05) is 0 Å². The fourth-order valence-electron chi connectivity index (χ4n) is 3.09. The molecular weight excluding hydrogens is 414 g/mol. The minimum absolute atomic E-state index is 0.0171. The Balaban J connectivity index is 1.62. The fourth-order valence-corrected chi connectivity index (χ4v) is 3.09. The van der Waals surface area contributed by atoms with E-state index in [0.717, 1.165) is 16.7 Å². The summed E-state index contributed by atoms with van der Waals surface area (Å²) in [4.78, 5) is 25.2. The third-order valence-electron chi connectivity index (χ3n) is 5.05. The van der Waals surface area contributed by atoms with Gasteiger partial charge < -0.3 is 15.2 Å². The van der Waals surface area contributed by atoms with Gasteiger partial charge in [0.05, 0.1) is 0 Å². The summed E-state index contributed by atoms with van der Waals surface area (Å²) in [6.45, 7) is 0.271. The maximum Gasteiger partial charge on any atom is 0.327 e. The van der Waals surface area contributed by atoms with Crippen molar-refractivity contribution in [2.24, 2.45) is 5.73 Å². The van der Waals surface area contributed by atoms with Crippen molar-refractivity contribution in [3.05, 3.63) is 108 Å². The summed E-state index contributed by atoms with van der Waals surface area (Å²) in [6.07, 6.45) is 0.107. The van der Waals surface area contributed by atoms with Gasteiger partial charge in [-0.05, 0) is 29.7 Å². The number of rotatable bonds is 9. The summed E-state index contributed by atoms with van der Waals surface area (Å²) in [5.41, 5.74) is 7.57. The molecule has 33 heavy (non-hydrogen) atoms. The van der Waals surface area contributed by atoms with Gasteiger partial charge in [0.2, 0.25) is 0 Å². The molecule has 0 spiro atoms. The lowest BCUT2D eigenvalue weighted by Gasteiger charge is -2.25. The van der Waals surface area contributed by atoms with Gasteiger partial charge >= 0.3 is 11.9 Å². The van der Waals surface area contributed by atoms with Gasteiger partial charge in [-0.1, -0.05) is 90.7 Å². The van der Waals surface area contributed by atoms with Crippen LogP contribution in [0.5, 0.6) is 0 Å². The minimum Gasteiger partial charge on any atom is -0.461 e. The van der Waals surface area contributed by atoms with E-state index in [9.17, 15) is 9.59 Å². The van der Waals surface area contributed by atoms with E-state index >= 15 is 0 Å². The molecule has 5 heteroatoms. The van der Waals surface area contributed by atoms with Gasteiger partial charge in [-0.25, -0.2) is 0 Å². The zero-order chi connectivity index (χ0) is 23.4. The molecule has 0 radical (unpaired) electrons. The Morgan fingerprint density at radius 1 is 0.758 bits per heavy atom. The van der Waals surface area contributed by atoms with E-state index in [1.807, 2.05) is 91.0 Å². The largest absolute Gasteiger partial charge is 0.461 e. The SMILES string of the molecule is N[C@](CC#Cc1ccccc1)(CCC(=O)OCc1ccccc1)C(=O)OCc1ccccc1. The molecule has 168 valence electrons. The van der Waals surface area contributed by atoms with Gasteiger partial charge in [0.1, 0.15) is 18.8 Å². The van der Waals surface area contributed by atoms with Gasteiger partial charge in [0.15, 0.2) is 0 Å². The van der Waals surface area contributed by atoms with E-state index < -0.39 is 17.5 Å². The average molecular weight is 442 g/mol. The van der Waals surface area contributed by atoms with Gasteiger partial charge in [0.25, 0.3) is 0 Å². The topological polar surface area (TPSA) is 78.6 Å². The molecule has 3 aromatic rings. The normalized spacial score (nSPS) is 12.0. The first-order valence-corrected chi connectivity index (χ1v) is 10.8. The van der Waals surface area contributed by atoms with Gasteiger partial charge in [-0.15, -0.1) is 0 Å². The Kier molecular flexibility index (Phi) is 8.81. The molecule has 0 heterocycles. The molecule has 0 amide bonds. The average Bonchev–Trinajstić information content (AvgIpc) is 2.86. The molecule has 3 rings (SSSR count). The Morgan fingerprint density at radius 3 is 1.85 bits per heavy atom. The van der Waals surface area contributed by atoms with Crippen molar-refractivity contribution >= 4 is 11.9 Å². The van der Waals surface area contributed by atoms with E-state index in [0.29, 0.717) is 0 Å². The quantitative estimate of drug-likeness (QED) is 0.394. The first-order valence-electron chi connectivity index (χ1n) is 10.8. The van der Waals surface area contributed by atoms with Crippen molar-refractivity contribution < 1.29 is 19.1 Å². The zero-order valence-electron chi connectivity index (χ0n) is 18.4. The van der Waals surface area contributed by atoms with Crippen LogP contribution in [-0.2, 0) is 32.3 Å². The van der Waals surface area contributed by atoms with Crippen molar-refractivity contribution in [3.63, 3.8) is 0 Å². The van der Waals surface area contributed by atoms with E-state index in [1.165, 1.54) is 0 Å². The number of carbonyl (C=O) groups excluding carboxylic acids is 2. The molecule has 2 N–H and O–H groups in total. The lowest BCUT2D eigenvalue weighted by molar-refractivity contribution is -0.152. The molecule has 0 aliphatic heterocycles. The predicted octanol–water partition coefficient (Wildman–Crippen LogP) is 4.39. The highest BCUT2D eigenvalue weighted by atomic mass is 16.5. The van der Waals surface area contributed by atoms with Crippen LogP contribution in [0.4, 0.5) is 0 Å². The first kappa shape index (κ1) is 23.8. The number of hydrogen-bond acceptors (Lipinski definition) is 5. The number of benzene rings is 3. The summed E-state index contributed by atoms with van der Waals surface area (Å²) in [7, 11) is 0. The number of hydrogen-bond donors (Lipinski definition) is 1. The molecule has 0 fully saturated rings. The third-order valence-corrected chi connectivity index (χ3v) is 5.05. The molecular formula is C28H27NO4. The highest BCUT2D eigenvalue weighted by molar-refractivity contribution is 5.82. The molecule has 1 atom stereocenters. The van der Waals surface area contributed by atoms with Crippen LogP contribution in [0.15, 0.2) is 91.0 Å². The molecule has 0 unspecified atom stereocenters. The molecule has 0 bridgehead atoms. The zero-order valence-corrected chi connectivity index (χ0v) is 18.4. The second kappa shape index (κ2) is 12.2. The fraction of sp³-hybridized carbons (Fsp3) is 0.214. The first-order chi connectivity index (χ1) is 16.0. The van der Waals surface area contributed by atoms with Crippen LogP contribution in [0.2, 0.25) is 0 Å². The van der Waals surface area contributed by atoms with Crippen LogP contribution < -0.4 is 5.73 Å². The lowest BCUT2D eigenvalue weighted by atomic mass is 9.91. The minimum atomic E-state index is -1.43.